The molecule has 0 fully saturated rings. The van der Waals surface area contributed by atoms with Crippen LogP contribution in [0.15, 0.2) is 225 Å². The van der Waals surface area contributed by atoms with E-state index in [9.17, 15) is 17.3 Å². The summed E-state index contributed by atoms with van der Waals surface area (Å²) in [5.74, 6) is 0. The highest BCUT2D eigenvalue weighted by atomic mass is 16.3. The molecule has 0 saturated heterocycles. The predicted octanol–water partition coefficient (Wildman–Crippen LogP) is 18.8. The van der Waals surface area contributed by atoms with E-state index < -0.39 is 30.2 Å². The van der Waals surface area contributed by atoms with Crippen LogP contribution in [0.3, 0.4) is 0 Å². The van der Waals surface area contributed by atoms with Gasteiger partial charge in [-0.3, -0.25) is 0 Å². The number of aromatic nitrogens is 3. The minimum absolute atomic E-state index is 0.0182. The van der Waals surface area contributed by atoms with Gasteiger partial charge < -0.3 is 27.0 Å². The average molecular weight is 975 g/mol. The molecule has 0 amide bonds. The first-order chi connectivity index (χ1) is 39.7. The Bertz CT molecular complexity index is 5810. The van der Waals surface area contributed by atoms with E-state index in [1.807, 2.05) is 185 Å². The van der Waals surface area contributed by atoms with Crippen molar-refractivity contribution in [3.63, 3.8) is 0 Å². The molecule has 0 aliphatic heterocycles. The second-order valence-electron chi connectivity index (χ2n) is 19.2. The molecule has 17 rings (SSSR count). The van der Waals surface area contributed by atoms with E-state index in [0.29, 0.717) is 66.6 Å². The molecular formula is C68H35N5O3. The first-order valence-electron chi connectivity index (χ1n) is 27.4. The molecule has 0 radical (unpaired) electrons. The van der Waals surface area contributed by atoms with Crippen LogP contribution in [0.5, 0.6) is 0 Å². The van der Waals surface area contributed by atoms with Crippen molar-refractivity contribution in [1.82, 2.24) is 13.7 Å². The summed E-state index contributed by atoms with van der Waals surface area (Å²) >= 11 is 0. The molecule has 0 spiro atoms. The topological polar surface area (TPSA) is 82.4 Å². The van der Waals surface area contributed by atoms with Gasteiger partial charge in [-0.1, -0.05) is 139 Å². The Balaban J connectivity index is 1.24. The SMILES string of the molecule is [2H]c1c([2H])c([2H])c(-c2c(C#N)c(-n3c4ccccc4c4ccc5oc6ccccc6c5c43)c([N+]#[C-])c(-n3c4ccccc4c4ccc5oc6ccccc6c5c43)c2-n2c3ccccc3c3ccc4oc5ccccc5c4c32)c([2H])c1[2H]. The van der Waals surface area contributed by atoms with Gasteiger partial charge in [-0.25, -0.2) is 4.85 Å². The molecule has 0 saturated carbocycles. The smallest absolute Gasteiger partial charge is 0.237 e. The summed E-state index contributed by atoms with van der Waals surface area (Å²) in [5.41, 5.74) is 8.12. The van der Waals surface area contributed by atoms with Crippen LogP contribution in [0.1, 0.15) is 12.4 Å². The number of hydrogen-bond acceptors (Lipinski definition) is 4. The number of furan rings is 3. The molecule has 0 unspecified atom stereocenters. The third-order valence-electron chi connectivity index (χ3n) is 15.6. The zero-order chi connectivity index (χ0) is 54.3. The minimum Gasteiger partial charge on any atom is -0.456 e. The van der Waals surface area contributed by atoms with Crippen molar-refractivity contribution in [2.45, 2.75) is 0 Å². The summed E-state index contributed by atoms with van der Waals surface area (Å²) < 4.78 is 74.0. The molecule has 0 bridgehead atoms. The molecular weight excluding hydrogens is 935 g/mol. The Morgan fingerprint density at radius 1 is 0.395 bits per heavy atom. The molecule has 8 nitrogen and oxygen atoms in total. The highest BCUT2D eigenvalue weighted by Crippen LogP contribution is 2.54. The summed E-state index contributed by atoms with van der Waals surface area (Å²) in [6.45, 7) is 9.95. The average Bonchev–Trinajstić information content (AvgIpc) is 3.07. The molecule has 17 aromatic rings. The van der Waals surface area contributed by atoms with Gasteiger partial charge in [0.05, 0.1) is 85.3 Å². The normalized spacial score (nSPS) is 13.1. The summed E-state index contributed by atoms with van der Waals surface area (Å²) in [5, 5.41) is 22.3. The molecule has 6 heterocycles. The molecule has 76 heavy (non-hydrogen) atoms. The molecule has 350 valence electrons. The lowest BCUT2D eigenvalue weighted by Gasteiger charge is -2.27. The highest BCUT2D eigenvalue weighted by molar-refractivity contribution is 6.29. The van der Waals surface area contributed by atoms with E-state index in [-0.39, 0.29) is 39.4 Å². The standard InChI is InChI=1S/C68H35N5O3/c1-70-62-66(71-49-25-11-5-19-39(49)42-31-34-55-59(63(42)71)45-22-8-14-28-52(45)74-55)48(37-69)58(38-17-3-2-4-18-38)67(72-50-26-12-6-20-40(50)43-32-35-56-60(64(43)72)46-23-9-15-29-53(46)75-56)68(62)73-51-27-13-7-21-41(51)44-33-36-57-61(65(44)73)47-24-10-16-30-54(47)76-57/h2-36H/i2D,3D,4D,17D,18D. The number of rotatable bonds is 4. The van der Waals surface area contributed by atoms with E-state index in [1.165, 1.54) is 0 Å². The number of hydrogen-bond donors (Lipinski definition) is 0. The van der Waals surface area contributed by atoms with Crippen LogP contribution in [0, 0.1) is 17.9 Å². The maximum absolute atomic E-state index is 12.6. The minimum atomic E-state index is -0.594. The van der Waals surface area contributed by atoms with Crippen molar-refractivity contribution >= 4 is 137 Å². The maximum atomic E-state index is 12.6. The van der Waals surface area contributed by atoms with Crippen molar-refractivity contribution in [3.05, 3.63) is 229 Å². The molecule has 8 heteroatoms. The van der Waals surface area contributed by atoms with Crippen LogP contribution in [-0.4, -0.2) is 13.7 Å². The number of fused-ring (bicyclic) bond motifs is 21. The molecule has 0 N–H and O–H groups in total. The highest BCUT2D eigenvalue weighted by Gasteiger charge is 2.35. The van der Waals surface area contributed by atoms with Gasteiger partial charge in [-0.05, 0) is 78.4 Å². The summed E-state index contributed by atoms with van der Waals surface area (Å²) in [7, 11) is 0. The monoisotopic (exact) mass is 974 g/mol. The molecule has 11 aromatic carbocycles. The second-order valence-corrected chi connectivity index (χ2v) is 19.2. The molecule has 6 aromatic heterocycles. The lowest BCUT2D eigenvalue weighted by Crippen LogP contribution is -2.11. The molecule has 0 atom stereocenters. The summed E-state index contributed by atoms with van der Waals surface area (Å²) in [4.78, 5) is 4.72. The lowest BCUT2D eigenvalue weighted by molar-refractivity contribution is 0.669. The van der Waals surface area contributed by atoms with Gasteiger partial charge >= 0.3 is 0 Å². The first kappa shape index (κ1) is 36.2. The van der Waals surface area contributed by atoms with Gasteiger partial charge in [0.15, 0.2) is 0 Å². The van der Waals surface area contributed by atoms with Crippen molar-refractivity contribution in [3.8, 4) is 34.3 Å². The fraction of sp³-hybridized carbons (Fsp3) is 0. The fourth-order valence-corrected chi connectivity index (χ4v) is 12.7. The first-order valence-corrected chi connectivity index (χ1v) is 24.9. The van der Waals surface area contributed by atoms with E-state index in [0.717, 1.165) is 64.6 Å². The largest absolute Gasteiger partial charge is 0.456 e. The van der Waals surface area contributed by atoms with Gasteiger partial charge in [0.25, 0.3) is 0 Å². The molecule has 0 aliphatic carbocycles. The molecule has 0 aliphatic rings. The zero-order valence-corrected chi connectivity index (χ0v) is 39.8. The van der Waals surface area contributed by atoms with Crippen molar-refractivity contribution < 1.29 is 20.1 Å². The van der Waals surface area contributed by atoms with Crippen LogP contribution in [0.25, 0.3) is 164 Å². The Morgan fingerprint density at radius 2 is 0.763 bits per heavy atom. The van der Waals surface area contributed by atoms with Gasteiger partial charge in [0, 0.05) is 54.0 Å². The van der Waals surface area contributed by atoms with Crippen molar-refractivity contribution in [1.29, 1.82) is 5.26 Å². The van der Waals surface area contributed by atoms with Crippen LogP contribution in [0.4, 0.5) is 5.69 Å². The second kappa shape index (κ2) is 14.9. The fourth-order valence-electron chi connectivity index (χ4n) is 12.7. The number of benzene rings is 11. The van der Waals surface area contributed by atoms with E-state index in [1.54, 1.807) is 0 Å². The Hall–Kier alpha value is -10.8. The van der Waals surface area contributed by atoms with Crippen LogP contribution in [0.2, 0.25) is 0 Å². The van der Waals surface area contributed by atoms with Crippen LogP contribution >= 0.6 is 0 Å². The summed E-state index contributed by atoms with van der Waals surface area (Å²) in [6, 6.07) is 58.9. The van der Waals surface area contributed by atoms with E-state index >= 15 is 0 Å². The zero-order valence-electron chi connectivity index (χ0n) is 44.8. The van der Waals surface area contributed by atoms with Crippen LogP contribution in [-0.2, 0) is 0 Å². The Kier molecular flexibility index (Phi) is 7.09. The summed E-state index contributed by atoms with van der Waals surface area (Å²) in [6.07, 6.45) is 0. The quantitative estimate of drug-likeness (QED) is 0.165. The predicted molar refractivity (Wildman–Crippen MR) is 308 cm³/mol. The lowest BCUT2D eigenvalue weighted by atomic mass is 9.92. The number of para-hydroxylation sites is 6. The maximum Gasteiger partial charge on any atom is 0.237 e. The number of nitriles is 1. The van der Waals surface area contributed by atoms with Gasteiger partial charge in [-0.15, -0.1) is 0 Å². The van der Waals surface area contributed by atoms with Gasteiger partial charge in [0.1, 0.15) is 39.6 Å². The third-order valence-corrected chi connectivity index (χ3v) is 15.6. The Labute approximate surface area is 437 Å². The van der Waals surface area contributed by atoms with Gasteiger partial charge in [-0.2, -0.15) is 5.26 Å². The van der Waals surface area contributed by atoms with Crippen molar-refractivity contribution in [2.24, 2.45) is 0 Å². The number of nitrogens with zero attached hydrogens (tertiary/aromatic N) is 5. The third kappa shape index (κ3) is 5.14. The van der Waals surface area contributed by atoms with Crippen LogP contribution < -0.4 is 0 Å². The van der Waals surface area contributed by atoms with Gasteiger partial charge in [0.2, 0.25) is 5.69 Å². The Morgan fingerprint density at radius 3 is 1.17 bits per heavy atom. The van der Waals surface area contributed by atoms with E-state index in [2.05, 4.69) is 16.7 Å². The van der Waals surface area contributed by atoms with Crippen molar-refractivity contribution in [2.75, 3.05) is 0 Å². The van der Waals surface area contributed by atoms with E-state index in [4.69, 9.17) is 19.5 Å².